The third kappa shape index (κ3) is 3.08. The first kappa shape index (κ1) is 15.4. The molecule has 0 saturated carbocycles. The summed E-state index contributed by atoms with van der Waals surface area (Å²) in [6.07, 6.45) is 1.24. The highest BCUT2D eigenvalue weighted by molar-refractivity contribution is 5.86. The van der Waals surface area contributed by atoms with Crippen molar-refractivity contribution in [2.75, 3.05) is 6.54 Å². The molecular formula is C22H23NO. The molecule has 0 saturated heterocycles. The summed E-state index contributed by atoms with van der Waals surface area (Å²) in [6, 6.07) is 24.0. The standard InChI is InChI=1S/C22H23NO/c1-16(21-12-6-10-17-7-4-5-11-22(17)21)23-14-20-13-18-8-2-3-9-19(18)15-24-20/h2-12,16,20,23H,13-15H2,1H3/t16-,20+/m1/s1. The topological polar surface area (TPSA) is 21.3 Å². The Kier molecular flexibility index (Phi) is 4.33. The molecule has 0 amide bonds. The normalized spacial score (nSPS) is 18.3. The zero-order valence-corrected chi connectivity index (χ0v) is 14.0. The molecule has 24 heavy (non-hydrogen) atoms. The second-order valence-electron chi connectivity index (χ2n) is 6.60. The van der Waals surface area contributed by atoms with E-state index in [1.165, 1.54) is 27.5 Å². The van der Waals surface area contributed by atoms with Gasteiger partial charge in [-0.3, -0.25) is 0 Å². The van der Waals surface area contributed by atoms with Crippen LogP contribution in [0.25, 0.3) is 10.8 Å². The minimum atomic E-state index is 0.248. The van der Waals surface area contributed by atoms with Crippen molar-refractivity contribution in [3.63, 3.8) is 0 Å². The lowest BCUT2D eigenvalue weighted by Crippen LogP contribution is -2.34. The molecule has 0 fully saturated rings. The van der Waals surface area contributed by atoms with Crippen molar-refractivity contribution >= 4 is 10.8 Å². The number of benzene rings is 3. The van der Waals surface area contributed by atoms with Crippen LogP contribution in [0, 0.1) is 0 Å². The van der Waals surface area contributed by atoms with Crippen LogP contribution >= 0.6 is 0 Å². The van der Waals surface area contributed by atoms with Crippen LogP contribution < -0.4 is 5.32 Å². The first-order chi connectivity index (χ1) is 11.8. The summed E-state index contributed by atoms with van der Waals surface area (Å²) in [7, 11) is 0. The zero-order chi connectivity index (χ0) is 16.4. The smallest absolute Gasteiger partial charge is 0.0744 e. The van der Waals surface area contributed by atoms with E-state index in [0.29, 0.717) is 6.04 Å². The molecule has 122 valence electrons. The van der Waals surface area contributed by atoms with Gasteiger partial charge in [-0.1, -0.05) is 66.7 Å². The van der Waals surface area contributed by atoms with Gasteiger partial charge < -0.3 is 10.1 Å². The molecule has 0 unspecified atom stereocenters. The lowest BCUT2D eigenvalue weighted by molar-refractivity contribution is 0.0276. The van der Waals surface area contributed by atoms with Crippen molar-refractivity contribution in [1.29, 1.82) is 0 Å². The van der Waals surface area contributed by atoms with Gasteiger partial charge >= 0.3 is 0 Å². The van der Waals surface area contributed by atoms with E-state index in [0.717, 1.165) is 19.6 Å². The lowest BCUT2D eigenvalue weighted by atomic mass is 9.97. The summed E-state index contributed by atoms with van der Waals surface area (Å²) in [5, 5.41) is 6.29. The molecule has 1 heterocycles. The maximum absolute atomic E-state index is 6.02. The number of rotatable bonds is 4. The van der Waals surface area contributed by atoms with E-state index >= 15 is 0 Å². The second-order valence-corrected chi connectivity index (χ2v) is 6.60. The monoisotopic (exact) mass is 317 g/mol. The molecule has 0 bridgehead atoms. The van der Waals surface area contributed by atoms with Gasteiger partial charge in [0.05, 0.1) is 12.7 Å². The Morgan fingerprint density at radius 2 is 1.71 bits per heavy atom. The van der Waals surface area contributed by atoms with Gasteiger partial charge in [-0.25, -0.2) is 0 Å². The summed E-state index contributed by atoms with van der Waals surface area (Å²) in [6.45, 7) is 3.84. The molecule has 0 aliphatic carbocycles. The van der Waals surface area contributed by atoms with Crippen molar-refractivity contribution in [3.05, 3.63) is 83.4 Å². The van der Waals surface area contributed by atoms with E-state index in [1.54, 1.807) is 0 Å². The molecule has 1 aliphatic heterocycles. The van der Waals surface area contributed by atoms with Crippen LogP contribution in [0.5, 0.6) is 0 Å². The van der Waals surface area contributed by atoms with Crippen LogP contribution in [0.4, 0.5) is 0 Å². The zero-order valence-electron chi connectivity index (χ0n) is 14.0. The van der Waals surface area contributed by atoms with E-state index in [4.69, 9.17) is 4.74 Å². The second kappa shape index (κ2) is 6.76. The summed E-state index contributed by atoms with van der Waals surface area (Å²) in [5.41, 5.74) is 4.11. The third-order valence-corrected chi connectivity index (χ3v) is 4.98. The quantitative estimate of drug-likeness (QED) is 0.757. The van der Waals surface area contributed by atoms with Gasteiger partial charge in [0.1, 0.15) is 0 Å². The van der Waals surface area contributed by atoms with Gasteiger partial charge in [0.15, 0.2) is 0 Å². The van der Waals surface area contributed by atoms with Crippen molar-refractivity contribution in [1.82, 2.24) is 5.32 Å². The number of fused-ring (bicyclic) bond motifs is 2. The molecule has 1 N–H and O–H groups in total. The van der Waals surface area contributed by atoms with E-state index in [9.17, 15) is 0 Å². The Morgan fingerprint density at radius 3 is 2.62 bits per heavy atom. The van der Waals surface area contributed by atoms with Gasteiger partial charge in [-0.05, 0) is 34.4 Å². The molecule has 0 aromatic heterocycles. The average Bonchev–Trinajstić information content (AvgIpc) is 2.65. The van der Waals surface area contributed by atoms with Gasteiger partial charge in [0, 0.05) is 19.0 Å². The van der Waals surface area contributed by atoms with Gasteiger partial charge in [0.25, 0.3) is 0 Å². The molecule has 3 aromatic rings. The minimum absolute atomic E-state index is 0.248. The predicted molar refractivity (Wildman–Crippen MR) is 99.1 cm³/mol. The Morgan fingerprint density at radius 1 is 0.958 bits per heavy atom. The molecular weight excluding hydrogens is 294 g/mol. The highest BCUT2D eigenvalue weighted by Gasteiger charge is 2.19. The minimum Gasteiger partial charge on any atom is -0.372 e. The highest BCUT2D eigenvalue weighted by Crippen LogP contribution is 2.25. The largest absolute Gasteiger partial charge is 0.372 e. The van der Waals surface area contributed by atoms with Crippen LogP contribution in [0.15, 0.2) is 66.7 Å². The fraction of sp³-hybridized carbons (Fsp3) is 0.273. The number of ether oxygens (including phenoxy) is 1. The van der Waals surface area contributed by atoms with E-state index < -0.39 is 0 Å². The molecule has 0 spiro atoms. The van der Waals surface area contributed by atoms with Crippen molar-refractivity contribution in [2.45, 2.75) is 32.1 Å². The number of nitrogens with one attached hydrogen (secondary N) is 1. The maximum Gasteiger partial charge on any atom is 0.0744 e. The summed E-state index contributed by atoms with van der Waals surface area (Å²) in [5.74, 6) is 0. The van der Waals surface area contributed by atoms with Crippen LogP contribution in [0.1, 0.15) is 29.7 Å². The highest BCUT2D eigenvalue weighted by atomic mass is 16.5. The molecule has 1 aliphatic rings. The van der Waals surface area contributed by atoms with Crippen molar-refractivity contribution in [2.24, 2.45) is 0 Å². The SMILES string of the molecule is C[C@@H](NC[C@@H]1Cc2ccccc2CO1)c1cccc2ccccc12. The van der Waals surface area contributed by atoms with Crippen LogP contribution in [0.3, 0.4) is 0 Å². The Balaban J connectivity index is 1.44. The van der Waals surface area contributed by atoms with E-state index in [-0.39, 0.29) is 6.10 Å². The third-order valence-electron chi connectivity index (χ3n) is 4.98. The van der Waals surface area contributed by atoms with Gasteiger partial charge in [-0.15, -0.1) is 0 Å². The maximum atomic E-state index is 6.02. The Bertz CT molecular complexity index is 837. The molecule has 0 radical (unpaired) electrons. The predicted octanol–water partition coefficient (Wildman–Crippen LogP) is 4.63. The fourth-order valence-corrected chi connectivity index (χ4v) is 3.59. The van der Waals surface area contributed by atoms with Crippen LogP contribution in [-0.2, 0) is 17.8 Å². The summed E-state index contributed by atoms with van der Waals surface area (Å²) in [4.78, 5) is 0. The van der Waals surface area contributed by atoms with Crippen molar-refractivity contribution < 1.29 is 4.74 Å². The van der Waals surface area contributed by atoms with E-state index in [2.05, 4.69) is 79.0 Å². The van der Waals surface area contributed by atoms with Gasteiger partial charge in [0.2, 0.25) is 0 Å². The fourth-order valence-electron chi connectivity index (χ4n) is 3.59. The number of hydrogen-bond donors (Lipinski definition) is 1. The van der Waals surface area contributed by atoms with Crippen LogP contribution in [-0.4, -0.2) is 12.6 Å². The number of hydrogen-bond acceptors (Lipinski definition) is 2. The Labute approximate surface area is 143 Å². The molecule has 2 atom stereocenters. The molecule has 3 aromatic carbocycles. The summed E-state index contributed by atoms with van der Waals surface area (Å²) < 4.78 is 6.02. The van der Waals surface area contributed by atoms with Crippen molar-refractivity contribution in [3.8, 4) is 0 Å². The van der Waals surface area contributed by atoms with E-state index in [1.807, 2.05) is 0 Å². The molecule has 4 rings (SSSR count). The molecule has 2 heteroatoms. The average molecular weight is 317 g/mol. The summed E-state index contributed by atoms with van der Waals surface area (Å²) >= 11 is 0. The first-order valence-electron chi connectivity index (χ1n) is 8.70. The van der Waals surface area contributed by atoms with Crippen LogP contribution in [0.2, 0.25) is 0 Å². The van der Waals surface area contributed by atoms with Gasteiger partial charge in [-0.2, -0.15) is 0 Å². The molecule has 2 nitrogen and oxygen atoms in total. The Hall–Kier alpha value is -2.16. The first-order valence-corrected chi connectivity index (χ1v) is 8.70. The lowest BCUT2D eigenvalue weighted by Gasteiger charge is -2.27.